The van der Waals surface area contributed by atoms with Gasteiger partial charge in [-0.05, 0) is 44.0 Å². The largest absolute Gasteiger partial charge is 0.355 e. The number of carbonyl (C=O) groups is 1. The summed E-state index contributed by atoms with van der Waals surface area (Å²) in [5.74, 6) is 0.208. The fourth-order valence-corrected chi connectivity index (χ4v) is 3.55. The summed E-state index contributed by atoms with van der Waals surface area (Å²) in [6.07, 6.45) is 0. The molecule has 0 aliphatic heterocycles. The van der Waals surface area contributed by atoms with Gasteiger partial charge in [0.05, 0.1) is 23.6 Å². The Hall–Kier alpha value is -3.19. The normalized spacial score (nSPS) is 10.9. The van der Waals surface area contributed by atoms with Gasteiger partial charge in [0, 0.05) is 16.1 Å². The minimum absolute atomic E-state index is 0.221. The van der Waals surface area contributed by atoms with Crippen LogP contribution in [0.25, 0.3) is 11.3 Å². The summed E-state index contributed by atoms with van der Waals surface area (Å²) in [4.78, 5) is 12.8. The second kappa shape index (κ2) is 8.28. The fourth-order valence-electron chi connectivity index (χ4n) is 3.29. The van der Waals surface area contributed by atoms with Crippen LogP contribution in [0, 0.1) is 20.8 Å². The highest BCUT2D eigenvalue weighted by Gasteiger charge is 2.19. The summed E-state index contributed by atoms with van der Waals surface area (Å²) in [5, 5.41) is 11.5. The third kappa shape index (κ3) is 4.07. The van der Waals surface area contributed by atoms with Gasteiger partial charge in [0.25, 0.3) is 5.91 Å². The van der Waals surface area contributed by atoms with Crippen LogP contribution < -0.4 is 5.32 Å². The standard InChI is InChI=1S/C23H21BrN4O2/c1-14-6-4-5-7-18(14)13-28-16(3)22(15(2)26-28)25-23(29)20-12-21(30-27-20)17-8-10-19(24)11-9-17/h4-12H,13H2,1-3H3,(H,25,29). The maximum absolute atomic E-state index is 12.8. The first-order chi connectivity index (χ1) is 14.4. The zero-order valence-corrected chi connectivity index (χ0v) is 18.5. The van der Waals surface area contributed by atoms with E-state index in [-0.39, 0.29) is 11.6 Å². The van der Waals surface area contributed by atoms with Crippen LogP contribution in [0.4, 0.5) is 5.69 Å². The Bertz CT molecular complexity index is 1210. The molecule has 0 saturated carbocycles. The summed E-state index contributed by atoms with van der Waals surface area (Å²) in [7, 11) is 0. The summed E-state index contributed by atoms with van der Waals surface area (Å²) >= 11 is 3.41. The molecule has 0 bridgehead atoms. The van der Waals surface area contributed by atoms with Crippen LogP contribution in [0.15, 0.2) is 63.6 Å². The smallest absolute Gasteiger partial charge is 0.277 e. The highest BCUT2D eigenvalue weighted by molar-refractivity contribution is 9.10. The molecule has 0 fully saturated rings. The molecule has 4 aromatic rings. The van der Waals surface area contributed by atoms with Crippen molar-refractivity contribution in [2.45, 2.75) is 27.3 Å². The lowest BCUT2D eigenvalue weighted by atomic mass is 10.1. The number of rotatable bonds is 5. The van der Waals surface area contributed by atoms with Gasteiger partial charge in [-0.2, -0.15) is 5.10 Å². The molecule has 0 radical (unpaired) electrons. The van der Waals surface area contributed by atoms with Gasteiger partial charge in [-0.25, -0.2) is 0 Å². The van der Waals surface area contributed by atoms with Crippen molar-refractivity contribution in [3.63, 3.8) is 0 Å². The van der Waals surface area contributed by atoms with Crippen molar-refractivity contribution in [2.75, 3.05) is 5.32 Å². The number of hydrogen-bond donors (Lipinski definition) is 1. The summed E-state index contributed by atoms with van der Waals surface area (Å²) in [6.45, 7) is 6.56. The molecule has 152 valence electrons. The van der Waals surface area contributed by atoms with E-state index in [0.717, 1.165) is 21.4 Å². The number of nitrogens with zero attached hydrogens (tertiary/aromatic N) is 3. The molecule has 6 nitrogen and oxygen atoms in total. The molecular formula is C23H21BrN4O2. The van der Waals surface area contributed by atoms with Crippen LogP contribution in [-0.4, -0.2) is 20.8 Å². The molecule has 2 aromatic carbocycles. The summed E-state index contributed by atoms with van der Waals surface area (Å²) in [6, 6.07) is 17.5. The van der Waals surface area contributed by atoms with Crippen molar-refractivity contribution < 1.29 is 9.32 Å². The van der Waals surface area contributed by atoms with Gasteiger partial charge in [0.2, 0.25) is 0 Å². The highest BCUT2D eigenvalue weighted by Crippen LogP contribution is 2.25. The second-order valence-corrected chi connectivity index (χ2v) is 8.08. The number of aromatic nitrogens is 3. The Morgan fingerprint density at radius 1 is 1.10 bits per heavy atom. The van der Waals surface area contributed by atoms with Gasteiger partial charge in [-0.15, -0.1) is 0 Å². The average molecular weight is 465 g/mol. The minimum atomic E-state index is -0.330. The molecule has 0 saturated heterocycles. The van der Waals surface area contributed by atoms with Crippen molar-refractivity contribution in [1.82, 2.24) is 14.9 Å². The SMILES string of the molecule is Cc1ccccc1Cn1nc(C)c(NC(=O)c2cc(-c3ccc(Br)cc3)on2)c1C. The Kier molecular flexibility index (Phi) is 5.55. The lowest BCUT2D eigenvalue weighted by Gasteiger charge is -2.08. The van der Waals surface area contributed by atoms with Crippen LogP contribution in [0.3, 0.4) is 0 Å². The summed E-state index contributed by atoms with van der Waals surface area (Å²) in [5.41, 5.74) is 5.81. The number of hydrogen-bond acceptors (Lipinski definition) is 4. The van der Waals surface area contributed by atoms with Gasteiger partial charge < -0.3 is 9.84 Å². The number of benzene rings is 2. The third-order valence-corrected chi connectivity index (χ3v) is 5.60. The highest BCUT2D eigenvalue weighted by atomic mass is 79.9. The van der Waals surface area contributed by atoms with E-state index < -0.39 is 0 Å². The Labute approximate surface area is 183 Å². The van der Waals surface area contributed by atoms with Crippen LogP contribution >= 0.6 is 15.9 Å². The van der Waals surface area contributed by atoms with Crippen molar-refractivity contribution >= 4 is 27.5 Å². The minimum Gasteiger partial charge on any atom is -0.355 e. The van der Waals surface area contributed by atoms with Crippen molar-refractivity contribution in [3.8, 4) is 11.3 Å². The van der Waals surface area contributed by atoms with E-state index in [2.05, 4.69) is 50.6 Å². The zero-order valence-electron chi connectivity index (χ0n) is 16.9. The number of nitrogens with one attached hydrogen (secondary N) is 1. The number of anilines is 1. The van der Waals surface area contributed by atoms with Crippen LogP contribution in [0.2, 0.25) is 0 Å². The molecule has 0 atom stereocenters. The van der Waals surface area contributed by atoms with Crippen molar-refractivity contribution in [2.24, 2.45) is 0 Å². The maximum Gasteiger partial charge on any atom is 0.277 e. The lowest BCUT2D eigenvalue weighted by Crippen LogP contribution is -2.13. The molecule has 1 N–H and O–H groups in total. The predicted octanol–water partition coefficient (Wildman–Crippen LogP) is 5.53. The predicted molar refractivity (Wildman–Crippen MR) is 120 cm³/mol. The molecule has 7 heteroatoms. The third-order valence-electron chi connectivity index (χ3n) is 5.07. The zero-order chi connectivity index (χ0) is 21.3. The van der Waals surface area contributed by atoms with E-state index in [1.807, 2.05) is 54.9 Å². The Balaban J connectivity index is 1.53. The number of aryl methyl sites for hydroxylation is 2. The number of amides is 1. The Morgan fingerprint density at radius 2 is 1.83 bits per heavy atom. The lowest BCUT2D eigenvalue weighted by molar-refractivity contribution is 0.101. The van der Waals surface area contributed by atoms with Gasteiger partial charge in [-0.1, -0.05) is 57.5 Å². The van der Waals surface area contributed by atoms with E-state index in [1.165, 1.54) is 11.1 Å². The topological polar surface area (TPSA) is 73.0 Å². The van der Waals surface area contributed by atoms with E-state index >= 15 is 0 Å². The quantitative estimate of drug-likeness (QED) is 0.421. The fraction of sp³-hybridized carbons (Fsp3) is 0.174. The van der Waals surface area contributed by atoms with E-state index in [0.29, 0.717) is 18.0 Å². The maximum atomic E-state index is 12.8. The van der Waals surface area contributed by atoms with Gasteiger partial charge in [-0.3, -0.25) is 9.48 Å². The first-order valence-electron chi connectivity index (χ1n) is 9.55. The molecule has 2 heterocycles. The Morgan fingerprint density at radius 3 is 2.57 bits per heavy atom. The molecule has 30 heavy (non-hydrogen) atoms. The first-order valence-corrected chi connectivity index (χ1v) is 10.3. The molecular weight excluding hydrogens is 444 g/mol. The van der Waals surface area contributed by atoms with E-state index in [1.54, 1.807) is 6.07 Å². The van der Waals surface area contributed by atoms with E-state index in [9.17, 15) is 4.79 Å². The molecule has 0 unspecified atom stereocenters. The van der Waals surface area contributed by atoms with Crippen LogP contribution in [-0.2, 0) is 6.54 Å². The molecule has 0 aliphatic carbocycles. The molecule has 0 spiro atoms. The van der Waals surface area contributed by atoms with E-state index in [4.69, 9.17) is 4.52 Å². The van der Waals surface area contributed by atoms with Gasteiger partial charge >= 0.3 is 0 Å². The van der Waals surface area contributed by atoms with Crippen molar-refractivity contribution in [3.05, 3.63) is 87.3 Å². The second-order valence-electron chi connectivity index (χ2n) is 7.17. The van der Waals surface area contributed by atoms with Crippen molar-refractivity contribution in [1.29, 1.82) is 0 Å². The van der Waals surface area contributed by atoms with Crippen LogP contribution in [0.1, 0.15) is 33.0 Å². The number of halogens is 1. The molecule has 0 aliphatic rings. The van der Waals surface area contributed by atoms with Crippen LogP contribution in [0.5, 0.6) is 0 Å². The van der Waals surface area contributed by atoms with Gasteiger partial charge in [0.15, 0.2) is 11.5 Å². The van der Waals surface area contributed by atoms with Gasteiger partial charge in [0.1, 0.15) is 0 Å². The molecule has 1 amide bonds. The molecule has 4 rings (SSSR count). The monoisotopic (exact) mass is 464 g/mol. The first kappa shape index (κ1) is 20.1. The molecule has 2 aromatic heterocycles. The summed E-state index contributed by atoms with van der Waals surface area (Å²) < 4.78 is 8.24. The number of carbonyl (C=O) groups excluding carboxylic acids is 1. The average Bonchev–Trinajstić information content (AvgIpc) is 3.32.